The number of thioether (sulfide) groups is 1. The van der Waals surface area contributed by atoms with Crippen molar-refractivity contribution < 1.29 is 9.72 Å². The number of halogens is 1. The second-order valence-electron chi connectivity index (χ2n) is 4.78. The van der Waals surface area contributed by atoms with Crippen LogP contribution in [0.5, 0.6) is 0 Å². The molecule has 2 aromatic carbocycles. The van der Waals surface area contributed by atoms with Gasteiger partial charge in [-0.3, -0.25) is 14.9 Å². The van der Waals surface area contributed by atoms with Gasteiger partial charge in [-0.05, 0) is 35.5 Å². The summed E-state index contributed by atoms with van der Waals surface area (Å²) >= 11 is 6.91. The summed E-state index contributed by atoms with van der Waals surface area (Å²) in [4.78, 5) is 27.2. The van der Waals surface area contributed by atoms with Crippen LogP contribution in [0.15, 0.2) is 58.4 Å². The summed E-state index contributed by atoms with van der Waals surface area (Å²) in [5, 5.41) is 14.2. The lowest BCUT2D eigenvalue weighted by molar-refractivity contribution is -0.384. The van der Waals surface area contributed by atoms with Crippen molar-refractivity contribution in [1.29, 1.82) is 0 Å². The summed E-state index contributed by atoms with van der Waals surface area (Å²) in [6.45, 7) is 0. The van der Waals surface area contributed by atoms with Crippen LogP contribution in [0.1, 0.15) is 5.56 Å². The molecular formula is C16H10ClN3O3S. The number of aliphatic imine (C=N–C) groups is 1. The van der Waals surface area contributed by atoms with E-state index in [1.54, 1.807) is 6.08 Å². The van der Waals surface area contributed by atoms with Gasteiger partial charge in [0.15, 0.2) is 5.17 Å². The lowest BCUT2D eigenvalue weighted by Crippen LogP contribution is -2.19. The molecular weight excluding hydrogens is 350 g/mol. The zero-order valence-electron chi connectivity index (χ0n) is 12.1. The number of carbonyl (C=O) groups is 1. The first kappa shape index (κ1) is 16.2. The van der Waals surface area contributed by atoms with E-state index in [9.17, 15) is 14.9 Å². The Balaban J connectivity index is 1.90. The molecule has 1 aliphatic rings. The first-order valence-corrected chi connectivity index (χ1v) is 8.01. The highest BCUT2D eigenvalue weighted by molar-refractivity contribution is 8.18. The number of benzene rings is 2. The van der Waals surface area contributed by atoms with Crippen LogP contribution < -0.4 is 5.32 Å². The zero-order valence-corrected chi connectivity index (χ0v) is 13.7. The largest absolute Gasteiger partial charge is 0.300 e. The van der Waals surface area contributed by atoms with E-state index >= 15 is 0 Å². The van der Waals surface area contributed by atoms with E-state index in [4.69, 9.17) is 11.6 Å². The number of nitro benzene ring substituents is 1. The van der Waals surface area contributed by atoms with Crippen molar-refractivity contribution >= 4 is 51.9 Å². The van der Waals surface area contributed by atoms with E-state index < -0.39 is 4.92 Å². The Kier molecular flexibility index (Phi) is 4.64. The van der Waals surface area contributed by atoms with Gasteiger partial charge in [-0.1, -0.05) is 41.9 Å². The van der Waals surface area contributed by atoms with Gasteiger partial charge in [0, 0.05) is 11.1 Å². The molecule has 0 spiro atoms. The molecule has 1 aliphatic heterocycles. The van der Waals surface area contributed by atoms with Gasteiger partial charge in [0.25, 0.3) is 11.6 Å². The molecule has 1 fully saturated rings. The van der Waals surface area contributed by atoms with Crippen molar-refractivity contribution in [3.63, 3.8) is 0 Å². The van der Waals surface area contributed by atoms with Crippen LogP contribution in [0, 0.1) is 10.1 Å². The first-order chi connectivity index (χ1) is 11.5. The van der Waals surface area contributed by atoms with Crippen molar-refractivity contribution in [2.45, 2.75) is 0 Å². The number of amides is 1. The minimum atomic E-state index is -0.562. The molecule has 120 valence electrons. The molecule has 6 nitrogen and oxygen atoms in total. The number of nitrogens with zero attached hydrogens (tertiary/aromatic N) is 2. The van der Waals surface area contributed by atoms with Crippen LogP contribution in [0.25, 0.3) is 6.08 Å². The van der Waals surface area contributed by atoms with E-state index in [2.05, 4.69) is 10.3 Å². The highest BCUT2D eigenvalue weighted by Gasteiger charge is 2.25. The smallest absolute Gasteiger partial charge is 0.296 e. The fourth-order valence-electron chi connectivity index (χ4n) is 2.03. The van der Waals surface area contributed by atoms with Crippen LogP contribution in [-0.4, -0.2) is 16.0 Å². The summed E-state index contributed by atoms with van der Waals surface area (Å²) < 4.78 is 0. The van der Waals surface area contributed by atoms with E-state index in [0.29, 0.717) is 4.91 Å². The molecule has 24 heavy (non-hydrogen) atoms. The Bertz CT molecular complexity index is 881. The predicted octanol–water partition coefficient (Wildman–Crippen LogP) is 4.14. The Hall–Kier alpha value is -2.64. The van der Waals surface area contributed by atoms with Crippen molar-refractivity contribution in [1.82, 2.24) is 5.32 Å². The van der Waals surface area contributed by atoms with E-state index in [0.717, 1.165) is 17.3 Å². The fourth-order valence-corrected chi connectivity index (χ4v) is 3.03. The van der Waals surface area contributed by atoms with Crippen LogP contribution in [0.2, 0.25) is 5.02 Å². The number of hydrogen-bond acceptors (Lipinski definition) is 5. The molecule has 8 heteroatoms. The molecule has 1 amide bonds. The Morgan fingerprint density at radius 1 is 1.21 bits per heavy atom. The summed E-state index contributed by atoms with van der Waals surface area (Å²) in [5.41, 5.74) is 0.798. The Labute approximate surface area is 146 Å². The summed E-state index contributed by atoms with van der Waals surface area (Å²) in [6, 6.07) is 13.6. The number of hydrogen-bond donors (Lipinski definition) is 1. The maximum atomic E-state index is 12.0. The highest BCUT2D eigenvalue weighted by atomic mass is 35.5. The topological polar surface area (TPSA) is 84.6 Å². The molecule has 0 radical (unpaired) electrons. The van der Waals surface area contributed by atoms with Gasteiger partial charge in [0.1, 0.15) is 5.69 Å². The zero-order chi connectivity index (χ0) is 17.1. The summed E-state index contributed by atoms with van der Waals surface area (Å²) in [6.07, 6.45) is 1.73. The molecule has 0 bridgehead atoms. The van der Waals surface area contributed by atoms with Crippen LogP contribution in [0.3, 0.4) is 0 Å². The molecule has 3 rings (SSSR count). The maximum absolute atomic E-state index is 12.0. The van der Waals surface area contributed by atoms with Gasteiger partial charge < -0.3 is 5.32 Å². The number of carbonyl (C=O) groups excluding carboxylic acids is 1. The van der Waals surface area contributed by atoms with E-state index in [1.807, 2.05) is 30.3 Å². The molecule has 0 aromatic heterocycles. The van der Waals surface area contributed by atoms with Crippen molar-refractivity contribution in [2.24, 2.45) is 4.99 Å². The van der Waals surface area contributed by atoms with Gasteiger partial charge in [0.05, 0.1) is 9.83 Å². The molecule has 1 N–H and O–H groups in total. The first-order valence-electron chi connectivity index (χ1n) is 6.81. The standard InChI is InChI=1S/C16H10ClN3O3S/c17-11-6-7-12(13(9-11)20(22)23)18-16-19-15(21)14(24-16)8-10-4-2-1-3-5-10/h1-9H,(H,18,19,21)/b14-8+. The SMILES string of the molecule is O=C1NC(=Nc2ccc(Cl)cc2[N+](=O)[O-])S/C1=C/c1ccccc1. The highest BCUT2D eigenvalue weighted by Crippen LogP contribution is 2.33. The van der Waals surface area contributed by atoms with Gasteiger partial charge in [0.2, 0.25) is 0 Å². The molecule has 0 aliphatic carbocycles. The van der Waals surface area contributed by atoms with Gasteiger partial charge in [-0.25, -0.2) is 4.99 Å². The van der Waals surface area contributed by atoms with Crippen molar-refractivity contribution in [3.8, 4) is 0 Å². The van der Waals surface area contributed by atoms with Crippen molar-refractivity contribution in [3.05, 3.63) is 74.1 Å². The number of nitro groups is 1. The maximum Gasteiger partial charge on any atom is 0.296 e. The molecule has 1 heterocycles. The molecule has 1 saturated heterocycles. The summed E-state index contributed by atoms with van der Waals surface area (Å²) in [5.74, 6) is -0.292. The Morgan fingerprint density at radius 3 is 2.67 bits per heavy atom. The van der Waals surface area contributed by atoms with Crippen LogP contribution >= 0.6 is 23.4 Å². The molecule has 2 aromatic rings. The third kappa shape index (κ3) is 3.64. The lowest BCUT2D eigenvalue weighted by Gasteiger charge is -1.99. The predicted molar refractivity (Wildman–Crippen MR) is 95.4 cm³/mol. The van der Waals surface area contributed by atoms with Gasteiger partial charge in [-0.2, -0.15) is 0 Å². The number of amidine groups is 1. The van der Waals surface area contributed by atoms with Crippen molar-refractivity contribution in [2.75, 3.05) is 0 Å². The average Bonchev–Trinajstić information content (AvgIpc) is 2.89. The minimum absolute atomic E-state index is 0.133. The van der Waals surface area contributed by atoms with Crippen LogP contribution in [-0.2, 0) is 4.79 Å². The molecule has 0 atom stereocenters. The minimum Gasteiger partial charge on any atom is -0.300 e. The summed E-state index contributed by atoms with van der Waals surface area (Å²) in [7, 11) is 0. The van der Waals surface area contributed by atoms with E-state index in [1.165, 1.54) is 18.2 Å². The second kappa shape index (κ2) is 6.86. The van der Waals surface area contributed by atoms with Crippen LogP contribution in [0.4, 0.5) is 11.4 Å². The van der Waals surface area contributed by atoms with Gasteiger partial charge >= 0.3 is 0 Å². The fraction of sp³-hybridized carbons (Fsp3) is 0. The molecule has 0 saturated carbocycles. The monoisotopic (exact) mass is 359 g/mol. The lowest BCUT2D eigenvalue weighted by atomic mass is 10.2. The quantitative estimate of drug-likeness (QED) is 0.507. The Morgan fingerprint density at radius 2 is 1.96 bits per heavy atom. The van der Waals surface area contributed by atoms with Gasteiger partial charge in [-0.15, -0.1) is 0 Å². The average molecular weight is 360 g/mol. The number of rotatable bonds is 3. The molecule has 0 unspecified atom stereocenters. The third-order valence-electron chi connectivity index (χ3n) is 3.10. The number of nitrogens with one attached hydrogen (secondary N) is 1. The third-order valence-corrected chi connectivity index (χ3v) is 4.25. The normalized spacial score (nSPS) is 17.3. The second-order valence-corrected chi connectivity index (χ2v) is 6.25. The van der Waals surface area contributed by atoms with E-state index in [-0.39, 0.29) is 27.5 Å².